The molecule has 0 radical (unpaired) electrons. The lowest BCUT2D eigenvalue weighted by Gasteiger charge is -2.07. The minimum Gasteiger partial charge on any atom is -0.379 e. The van der Waals surface area contributed by atoms with E-state index in [1.54, 1.807) is 6.92 Å². The van der Waals surface area contributed by atoms with Crippen molar-refractivity contribution in [1.82, 2.24) is 10.6 Å². The zero-order chi connectivity index (χ0) is 16.5. The number of ketones is 1. The molecule has 0 aromatic heterocycles. The molecule has 7 heteroatoms. The van der Waals surface area contributed by atoms with Gasteiger partial charge in [-0.15, -0.1) is 0 Å². The van der Waals surface area contributed by atoms with Crippen molar-refractivity contribution in [2.45, 2.75) is 26.2 Å². The molecule has 0 bridgehead atoms. The molecule has 0 aliphatic carbocycles. The summed E-state index contributed by atoms with van der Waals surface area (Å²) in [7, 11) is 1.82. The number of Topliss-reactive ketones (excluding diaryl/α,β-unsaturated/α-hetero) is 1. The lowest BCUT2D eigenvalue weighted by molar-refractivity contribution is -0.121. The van der Waals surface area contributed by atoms with Crippen LogP contribution in [0.5, 0.6) is 0 Å². The van der Waals surface area contributed by atoms with Crippen molar-refractivity contribution in [2.75, 3.05) is 59.8 Å². The van der Waals surface area contributed by atoms with Crippen LogP contribution in [0.3, 0.4) is 0 Å². The first-order valence-electron chi connectivity index (χ1n) is 7.80. The average Bonchev–Trinajstić information content (AvgIpc) is 2.49. The Morgan fingerprint density at radius 3 is 2.00 bits per heavy atom. The third kappa shape index (κ3) is 17.0. The Bertz CT molecular complexity index is 287. The normalized spacial score (nSPS) is 10.6. The predicted molar refractivity (Wildman–Crippen MR) is 83.9 cm³/mol. The highest BCUT2D eigenvalue weighted by molar-refractivity contribution is 5.76. The van der Waals surface area contributed by atoms with E-state index in [-0.39, 0.29) is 11.7 Å². The third-order valence-electron chi connectivity index (χ3n) is 2.73. The van der Waals surface area contributed by atoms with Crippen molar-refractivity contribution < 1.29 is 23.8 Å². The third-order valence-corrected chi connectivity index (χ3v) is 2.73. The summed E-state index contributed by atoms with van der Waals surface area (Å²) in [6.07, 6.45) is 1.74. The Labute approximate surface area is 133 Å². The lowest BCUT2D eigenvalue weighted by atomic mass is 10.3. The standard InChI is InChI=1S/C15H30N2O5/c1-14(18)5-9-21-11-13-22-12-10-20-8-3-6-17-15(19)4-7-16-2/h16H,3-13H2,1-2H3,(H,17,19). The zero-order valence-corrected chi connectivity index (χ0v) is 13.8. The van der Waals surface area contributed by atoms with Gasteiger partial charge in [0.15, 0.2) is 0 Å². The second kappa shape index (κ2) is 16.4. The van der Waals surface area contributed by atoms with E-state index in [9.17, 15) is 9.59 Å². The van der Waals surface area contributed by atoms with Crippen molar-refractivity contribution in [3.05, 3.63) is 0 Å². The molecule has 1 amide bonds. The zero-order valence-electron chi connectivity index (χ0n) is 13.8. The van der Waals surface area contributed by atoms with Gasteiger partial charge in [0.05, 0.1) is 33.0 Å². The first kappa shape index (κ1) is 21.0. The van der Waals surface area contributed by atoms with Crippen molar-refractivity contribution in [3.63, 3.8) is 0 Å². The topological polar surface area (TPSA) is 85.9 Å². The molecule has 0 aliphatic rings. The average molecular weight is 318 g/mol. The number of carbonyl (C=O) groups is 2. The van der Waals surface area contributed by atoms with Crippen LogP contribution in [0.1, 0.15) is 26.2 Å². The van der Waals surface area contributed by atoms with Crippen LogP contribution in [0.25, 0.3) is 0 Å². The highest BCUT2D eigenvalue weighted by atomic mass is 16.5. The van der Waals surface area contributed by atoms with E-state index in [4.69, 9.17) is 14.2 Å². The largest absolute Gasteiger partial charge is 0.379 e. The maximum absolute atomic E-state index is 11.3. The van der Waals surface area contributed by atoms with Crippen LogP contribution < -0.4 is 10.6 Å². The van der Waals surface area contributed by atoms with E-state index in [0.29, 0.717) is 65.6 Å². The van der Waals surface area contributed by atoms with E-state index in [1.165, 1.54) is 0 Å². The highest BCUT2D eigenvalue weighted by Gasteiger charge is 1.98. The van der Waals surface area contributed by atoms with E-state index in [0.717, 1.165) is 6.42 Å². The van der Waals surface area contributed by atoms with Crippen LogP contribution in [0, 0.1) is 0 Å². The molecule has 0 atom stereocenters. The maximum Gasteiger partial charge on any atom is 0.221 e. The van der Waals surface area contributed by atoms with E-state index in [2.05, 4.69) is 10.6 Å². The Kier molecular flexibility index (Phi) is 15.6. The first-order chi connectivity index (χ1) is 10.7. The Morgan fingerprint density at radius 2 is 1.41 bits per heavy atom. The number of amides is 1. The molecule has 7 nitrogen and oxygen atoms in total. The fraction of sp³-hybridized carbons (Fsp3) is 0.867. The van der Waals surface area contributed by atoms with Gasteiger partial charge in [-0.05, 0) is 20.4 Å². The number of ether oxygens (including phenoxy) is 3. The van der Waals surface area contributed by atoms with Gasteiger partial charge in [0, 0.05) is 32.5 Å². The van der Waals surface area contributed by atoms with Gasteiger partial charge in [-0.25, -0.2) is 0 Å². The molecular formula is C15H30N2O5. The second-order valence-electron chi connectivity index (χ2n) is 4.85. The molecule has 0 saturated heterocycles. The van der Waals surface area contributed by atoms with Crippen molar-refractivity contribution in [2.24, 2.45) is 0 Å². The molecule has 22 heavy (non-hydrogen) atoms. The van der Waals surface area contributed by atoms with Gasteiger partial charge in [0.2, 0.25) is 5.91 Å². The first-order valence-corrected chi connectivity index (χ1v) is 7.80. The van der Waals surface area contributed by atoms with Gasteiger partial charge in [-0.1, -0.05) is 0 Å². The van der Waals surface area contributed by atoms with Crippen LogP contribution in [0.4, 0.5) is 0 Å². The second-order valence-corrected chi connectivity index (χ2v) is 4.85. The molecule has 130 valence electrons. The van der Waals surface area contributed by atoms with Gasteiger partial charge < -0.3 is 24.8 Å². The smallest absolute Gasteiger partial charge is 0.221 e. The van der Waals surface area contributed by atoms with Gasteiger partial charge >= 0.3 is 0 Å². The molecule has 0 heterocycles. The Morgan fingerprint density at radius 1 is 0.818 bits per heavy atom. The summed E-state index contributed by atoms with van der Waals surface area (Å²) in [5, 5.41) is 5.75. The predicted octanol–water partition coefficient (Wildman–Crippen LogP) is 0.131. The number of nitrogens with one attached hydrogen (secondary N) is 2. The highest BCUT2D eigenvalue weighted by Crippen LogP contribution is 1.87. The summed E-state index contributed by atoms with van der Waals surface area (Å²) >= 11 is 0. The number of hydrogen-bond acceptors (Lipinski definition) is 6. The molecule has 0 spiro atoms. The van der Waals surface area contributed by atoms with Crippen molar-refractivity contribution in [3.8, 4) is 0 Å². The molecule has 0 rings (SSSR count). The fourth-order valence-electron chi connectivity index (χ4n) is 1.49. The van der Waals surface area contributed by atoms with E-state index < -0.39 is 0 Å². The number of rotatable bonds is 16. The van der Waals surface area contributed by atoms with Crippen LogP contribution in [-0.2, 0) is 23.8 Å². The Hall–Kier alpha value is -1.02. The summed E-state index contributed by atoms with van der Waals surface area (Å²) in [5.41, 5.74) is 0. The summed E-state index contributed by atoms with van der Waals surface area (Å²) in [6, 6.07) is 0. The lowest BCUT2D eigenvalue weighted by Crippen LogP contribution is -2.28. The van der Waals surface area contributed by atoms with Crippen molar-refractivity contribution in [1.29, 1.82) is 0 Å². The van der Waals surface area contributed by atoms with Gasteiger partial charge in [0.1, 0.15) is 5.78 Å². The molecule has 0 saturated carbocycles. The fourth-order valence-corrected chi connectivity index (χ4v) is 1.49. The van der Waals surface area contributed by atoms with Crippen LogP contribution in [0.2, 0.25) is 0 Å². The van der Waals surface area contributed by atoms with E-state index in [1.807, 2.05) is 7.05 Å². The quantitative estimate of drug-likeness (QED) is 0.394. The minimum absolute atomic E-state index is 0.0578. The minimum atomic E-state index is 0.0578. The molecule has 2 N–H and O–H groups in total. The summed E-state index contributed by atoms with van der Waals surface area (Å²) in [5.74, 6) is 0.190. The Balaban J connectivity index is 3.08. The molecule has 0 unspecified atom stereocenters. The maximum atomic E-state index is 11.3. The van der Waals surface area contributed by atoms with E-state index >= 15 is 0 Å². The monoisotopic (exact) mass is 318 g/mol. The SMILES string of the molecule is CNCCC(=O)NCCCOCCOCCOCCC(C)=O. The van der Waals surface area contributed by atoms with Gasteiger partial charge in [-0.2, -0.15) is 0 Å². The molecule has 0 aromatic carbocycles. The summed E-state index contributed by atoms with van der Waals surface area (Å²) in [6.45, 7) is 5.97. The van der Waals surface area contributed by atoms with Crippen molar-refractivity contribution >= 4 is 11.7 Å². The van der Waals surface area contributed by atoms with Crippen LogP contribution in [0.15, 0.2) is 0 Å². The number of hydrogen-bond donors (Lipinski definition) is 2. The summed E-state index contributed by atoms with van der Waals surface area (Å²) < 4.78 is 15.9. The summed E-state index contributed by atoms with van der Waals surface area (Å²) in [4.78, 5) is 21.9. The van der Waals surface area contributed by atoms with Crippen LogP contribution >= 0.6 is 0 Å². The molecular weight excluding hydrogens is 288 g/mol. The molecule has 0 fully saturated rings. The molecule has 0 aromatic rings. The molecule has 0 aliphatic heterocycles. The van der Waals surface area contributed by atoms with Gasteiger partial charge in [-0.3, -0.25) is 9.59 Å². The van der Waals surface area contributed by atoms with Gasteiger partial charge in [0.25, 0.3) is 0 Å². The number of carbonyl (C=O) groups excluding carboxylic acids is 2. The van der Waals surface area contributed by atoms with Crippen LogP contribution in [-0.4, -0.2) is 71.5 Å².